The van der Waals surface area contributed by atoms with Gasteiger partial charge >= 0.3 is 5.69 Å². The smallest absolute Gasteiger partial charge is 0.312 e. The first kappa shape index (κ1) is 20.7. The zero-order valence-electron chi connectivity index (χ0n) is 16.6. The van der Waals surface area contributed by atoms with Crippen molar-refractivity contribution in [3.8, 4) is 0 Å². The van der Waals surface area contributed by atoms with Gasteiger partial charge in [-0.25, -0.2) is 0 Å². The Labute approximate surface area is 172 Å². The molecule has 0 bridgehead atoms. The lowest BCUT2D eigenvalue weighted by molar-refractivity contribution is -0.386. The number of carbonyl (C=O) groups excluding carboxylic acids is 2. The molecular weight excluding hydrogens is 386 g/mol. The molecule has 1 aromatic heterocycles. The molecule has 0 spiro atoms. The lowest BCUT2D eigenvalue weighted by atomic mass is 10.1. The van der Waals surface area contributed by atoms with Crippen molar-refractivity contribution in [2.75, 3.05) is 0 Å². The summed E-state index contributed by atoms with van der Waals surface area (Å²) in [6, 6.07) is 13.7. The fourth-order valence-electron chi connectivity index (χ4n) is 3.11. The first-order valence-corrected chi connectivity index (χ1v) is 9.20. The van der Waals surface area contributed by atoms with Crippen molar-refractivity contribution in [1.82, 2.24) is 15.1 Å². The minimum absolute atomic E-state index is 0.0230. The van der Waals surface area contributed by atoms with Gasteiger partial charge in [-0.2, -0.15) is 5.10 Å². The van der Waals surface area contributed by atoms with Crippen LogP contribution in [-0.4, -0.2) is 26.5 Å². The fraction of sp³-hybridized carbons (Fsp3) is 0.190. The lowest BCUT2D eigenvalue weighted by Gasteiger charge is -2.08. The van der Waals surface area contributed by atoms with E-state index in [1.54, 1.807) is 67.1 Å². The Morgan fingerprint density at radius 1 is 1.03 bits per heavy atom. The molecule has 3 rings (SSSR count). The lowest BCUT2D eigenvalue weighted by Crippen LogP contribution is -2.22. The molecule has 9 nitrogen and oxygen atoms in total. The minimum atomic E-state index is -0.499. The number of aromatic nitrogens is 2. The Morgan fingerprint density at radius 2 is 1.60 bits per heavy atom. The van der Waals surface area contributed by atoms with Crippen LogP contribution >= 0.6 is 0 Å². The van der Waals surface area contributed by atoms with Crippen LogP contribution in [0.1, 0.15) is 43.2 Å². The number of nitrogens with zero attached hydrogens (tertiary/aromatic N) is 3. The van der Waals surface area contributed by atoms with E-state index in [-0.39, 0.29) is 11.6 Å². The number of benzene rings is 2. The molecule has 154 valence electrons. The van der Waals surface area contributed by atoms with E-state index in [9.17, 15) is 19.7 Å². The van der Waals surface area contributed by atoms with Crippen molar-refractivity contribution in [2.24, 2.45) is 5.73 Å². The standard InChI is InChI=1S/C21H21N5O4/c1-13-19(26(29)30)14(2)25(24-13)12-16-5-9-18(10-6-16)21(28)23-11-15-3-7-17(8-4-15)20(22)27/h3-10H,11-12H2,1-2H3,(H2,22,27)(H,23,28). The van der Waals surface area contributed by atoms with Gasteiger partial charge in [0.05, 0.1) is 11.5 Å². The monoisotopic (exact) mass is 407 g/mol. The number of nitrogens with two attached hydrogens (primary N) is 1. The summed E-state index contributed by atoms with van der Waals surface area (Å²) < 4.78 is 1.58. The van der Waals surface area contributed by atoms with Gasteiger partial charge in [0.15, 0.2) is 0 Å². The third-order valence-corrected chi connectivity index (χ3v) is 4.77. The van der Waals surface area contributed by atoms with Crippen LogP contribution in [0.3, 0.4) is 0 Å². The number of amides is 2. The molecule has 30 heavy (non-hydrogen) atoms. The van der Waals surface area contributed by atoms with E-state index < -0.39 is 10.8 Å². The highest BCUT2D eigenvalue weighted by Gasteiger charge is 2.21. The molecule has 0 fully saturated rings. The second-order valence-corrected chi connectivity index (χ2v) is 6.87. The predicted molar refractivity (Wildman–Crippen MR) is 110 cm³/mol. The van der Waals surface area contributed by atoms with Crippen molar-refractivity contribution < 1.29 is 14.5 Å². The van der Waals surface area contributed by atoms with Crippen LogP contribution in [0.4, 0.5) is 5.69 Å². The molecule has 0 aliphatic carbocycles. The summed E-state index contributed by atoms with van der Waals surface area (Å²) in [4.78, 5) is 34.1. The van der Waals surface area contributed by atoms with Crippen LogP contribution in [0.25, 0.3) is 0 Å². The maximum absolute atomic E-state index is 12.4. The van der Waals surface area contributed by atoms with E-state index >= 15 is 0 Å². The molecule has 3 N–H and O–H groups in total. The second-order valence-electron chi connectivity index (χ2n) is 6.87. The van der Waals surface area contributed by atoms with Gasteiger partial charge in [-0.3, -0.25) is 24.4 Å². The van der Waals surface area contributed by atoms with Crippen LogP contribution < -0.4 is 11.1 Å². The van der Waals surface area contributed by atoms with E-state index in [2.05, 4.69) is 10.4 Å². The normalized spacial score (nSPS) is 10.6. The van der Waals surface area contributed by atoms with Crippen molar-refractivity contribution in [2.45, 2.75) is 26.9 Å². The van der Waals surface area contributed by atoms with Gasteiger partial charge in [-0.15, -0.1) is 0 Å². The van der Waals surface area contributed by atoms with Crippen molar-refractivity contribution >= 4 is 17.5 Å². The minimum Gasteiger partial charge on any atom is -0.366 e. The number of nitrogens with one attached hydrogen (secondary N) is 1. The summed E-state index contributed by atoms with van der Waals surface area (Å²) in [5, 5.41) is 18.2. The van der Waals surface area contributed by atoms with Crippen molar-refractivity contribution in [3.05, 3.63) is 92.3 Å². The van der Waals surface area contributed by atoms with Gasteiger partial charge < -0.3 is 11.1 Å². The molecule has 0 aliphatic heterocycles. The first-order chi connectivity index (χ1) is 14.3. The molecule has 0 unspecified atom stereocenters. The molecule has 0 saturated carbocycles. The zero-order valence-corrected chi connectivity index (χ0v) is 16.6. The number of nitro groups is 1. The Hall–Kier alpha value is -4.01. The second kappa shape index (κ2) is 8.56. The quantitative estimate of drug-likeness (QED) is 0.458. The van der Waals surface area contributed by atoms with Crippen LogP contribution in [0.5, 0.6) is 0 Å². The van der Waals surface area contributed by atoms with E-state index in [1.807, 2.05) is 0 Å². The molecule has 0 atom stereocenters. The molecule has 9 heteroatoms. The summed E-state index contributed by atoms with van der Waals surface area (Å²) in [5.74, 6) is -0.733. The Bertz CT molecular complexity index is 1100. The number of aryl methyl sites for hydroxylation is 1. The molecular formula is C21H21N5O4. The number of carbonyl (C=O) groups is 2. The van der Waals surface area contributed by atoms with E-state index in [0.717, 1.165) is 11.1 Å². The van der Waals surface area contributed by atoms with Crippen LogP contribution in [0, 0.1) is 24.0 Å². The molecule has 3 aromatic rings. The molecule has 0 saturated heterocycles. The Balaban J connectivity index is 1.62. The predicted octanol–water partition coefficient (Wildman–Crippen LogP) is 2.49. The molecule has 2 aromatic carbocycles. The van der Waals surface area contributed by atoms with Crippen molar-refractivity contribution in [1.29, 1.82) is 0 Å². The van der Waals surface area contributed by atoms with Crippen molar-refractivity contribution in [3.63, 3.8) is 0 Å². The number of hydrogen-bond acceptors (Lipinski definition) is 5. The van der Waals surface area contributed by atoms with Gasteiger partial charge in [0.2, 0.25) is 5.91 Å². The van der Waals surface area contributed by atoms with Gasteiger partial charge in [0.25, 0.3) is 5.91 Å². The maximum Gasteiger partial charge on any atom is 0.312 e. The van der Waals surface area contributed by atoms with E-state index in [0.29, 0.717) is 35.6 Å². The molecule has 1 heterocycles. The molecule has 2 amide bonds. The summed E-state index contributed by atoms with van der Waals surface area (Å²) in [6.07, 6.45) is 0. The largest absolute Gasteiger partial charge is 0.366 e. The van der Waals surface area contributed by atoms with Gasteiger partial charge in [0.1, 0.15) is 11.4 Å². The van der Waals surface area contributed by atoms with Crippen LogP contribution in [-0.2, 0) is 13.1 Å². The molecule has 0 aliphatic rings. The first-order valence-electron chi connectivity index (χ1n) is 9.20. The molecule has 0 radical (unpaired) electrons. The maximum atomic E-state index is 12.4. The van der Waals surface area contributed by atoms with E-state index in [1.165, 1.54) is 0 Å². The van der Waals surface area contributed by atoms with Crippen LogP contribution in [0.2, 0.25) is 0 Å². The number of hydrogen-bond donors (Lipinski definition) is 2. The highest BCUT2D eigenvalue weighted by molar-refractivity contribution is 5.94. The highest BCUT2D eigenvalue weighted by atomic mass is 16.6. The van der Waals surface area contributed by atoms with Gasteiger partial charge in [-0.1, -0.05) is 24.3 Å². The SMILES string of the molecule is Cc1nn(Cc2ccc(C(=O)NCc3ccc(C(N)=O)cc3)cc2)c(C)c1[N+](=O)[O-]. The number of rotatable bonds is 7. The van der Waals surface area contributed by atoms with Gasteiger partial charge in [-0.05, 0) is 49.2 Å². The topological polar surface area (TPSA) is 133 Å². The van der Waals surface area contributed by atoms with Crippen LogP contribution in [0.15, 0.2) is 48.5 Å². The average Bonchev–Trinajstić information content (AvgIpc) is 3.00. The summed E-state index contributed by atoms with van der Waals surface area (Å²) in [7, 11) is 0. The zero-order chi connectivity index (χ0) is 21.8. The average molecular weight is 407 g/mol. The Morgan fingerprint density at radius 3 is 2.13 bits per heavy atom. The third kappa shape index (κ3) is 4.52. The van der Waals surface area contributed by atoms with E-state index in [4.69, 9.17) is 5.73 Å². The Kier molecular flexibility index (Phi) is 5.91. The van der Waals surface area contributed by atoms with Gasteiger partial charge in [0, 0.05) is 17.7 Å². The number of primary amides is 1. The highest BCUT2D eigenvalue weighted by Crippen LogP contribution is 2.22. The summed E-state index contributed by atoms with van der Waals surface area (Å²) >= 11 is 0. The third-order valence-electron chi connectivity index (χ3n) is 4.77. The fourth-order valence-corrected chi connectivity index (χ4v) is 3.11. The summed E-state index contributed by atoms with van der Waals surface area (Å²) in [6.45, 7) is 3.95. The summed E-state index contributed by atoms with van der Waals surface area (Å²) in [5.41, 5.74) is 8.71.